The van der Waals surface area contributed by atoms with Crippen LogP contribution in [0.4, 0.5) is 13.2 Å². The van der Waals surface area contributed by atoms with Crippen LogP contribution in [0.5, 0.6) is 5.75 Å². The van der Waals surface area contributed by atoms with Crippen LogP contribution in [0.3, 0.4) is 0 Å². The van der Waals surface area contributed by atoms with E-state index in [1.54, 1.807) is 13.8 Å². The molecular weight excluding hydrogens is 327 g/mol. The number of aryl methyl sites for hydroxylation is 2. The van der Waals surface area contributed by atoms with Gasteiger partial charge in [-0.05, 0) is 32.9 Å². The van der Waals surface area contributed by atoms with E-state index in [9.17, 15) is 18.0 Å². The van der Waals surface area contributed by atoms with E-state index in [2.05, 4.69) is 4.98 Å². The number of carbonyl (C=O) groups excluding carboxylic acids is 1. The molecule has 1 aromatic heterocycles. The first-order valence-corrected chi connectivity index (χ1v) is 7.11. The molecule has 1 atom stereocenters. The summed E-state index contributed by atoms with van der Waals surface area (Å²) in [5, 5.41) is 0. The number of rotatable bonds is 5. The van der Waals surface area contributed by atoms with Gasteiger partial charge in [0.2, 0.25) is 5.89 Å². The standard InChI is InChI=1S/C16H16F3NO4/c1-9-10(2)24-14(20-9)8-22-15(21)11(3)23-13-7-5-4-6-12(13)16(17,18)19/h4-7,11H,8H2,1-3H3/t11-/m0/s1. The van der Waals surface area contributed by atoms with Crippen molar-refractivity contribution in [3.8, 4) is 5.75 Å². The van der Waals surface area contributed by atoms with Gasteiger partial charge in [-0.1, -0.05) is 12.1 Å². The largest absolute Gasteiger partial charge is 0.478 e. The Morgan fingerprint density at radius 3 is 2.54 bits per heavy atom. The molecule has 2 rings (SSSR count). The van der Waals surface area contributed by atoms with Gasteiger partial charge in [-0.2, -0.15) is 13.2 Å². The zero-order valence-corrected chi connectivity index (χ0v) is 13.3. The molecule has 5 nitrogen and oxygen atoms in total. The lowest BCUT2D eigenvalue weighted by Crippen LogP contribution is -2.27. The van der Waals surface area contributed by atoms with Crippen molar-refractivity contribution >= 4 is 5.97 Å². The van der Waals surface area contributed by atoms with Crippen molar-refractivity contribution in [3.05, 3.63) is 47.2 Å². The van der Waals surface area contributed by atoms with Crippen molar-refractivity contribution in [2.45, 2.75) is 39.7 Å². The highest BCUT2D eigenvalue weighted by molar-refractivity contribution is 5.74. The maximum absolute atomic E-state index is 12.9. The predicted octanol–water partition coefficient (Wildman–Crippen LogP) is 3.82. The Bertz CT molecular complexity index is 705. The van der Waals surface area contributed by atoms with Crippen molar-refractivity contribution < 1.29 is 31.9 Å². The Labute approximate surface area is 136 Å². The number of nitrogens with zero attached hydrogens (tertiary/aromatic N) is 1. The number of carbonyl (C=O) groups is 1. The second-order valence-corrected chi connectivity index (χ2v) is 5.11. The highest BCUT2D eigenvalue weighted by Crippen LogP contribution is 2.36. The summed E-state index contributed by atoms with van der Waals surface area (Å²) in [6, 6.07) is 4.66. The molecule has 2 aromatic rings. The van der Waals surface area contributed by atoms with Gasteiger partial charge in [0.1, 0.15) is 11.5 Å². The molecule has 0 saturated heterocycles. The molecule has 0 aliphatic rings. The maximum Gasteiger partial charge on any atom is 0.419 e. The van der Waals surface area contributed by atoms with E-state index in [1.165, 1.54) is 19.1 Å². The fourth-order valence-electron chi connectivity index (χ4n) is 1.89. The predicted molar refractivity (Wildman–Crippen MR) is 77.3 cm³/mol. The van der Waals surface area contributed by atoms with Gasteiger partial charge >= 0.3 is 12.1 Å². The molecule has 24 heavy (non-hydrogen) atoms. The van der Waals surface area contributed by atoms with Crippen molar-refractivity contribution in [1.29, 1.82) is 0 Å². The SMILES string of the molecule is Cc1nc(COC(=O)[C@H](C)Oc2ccccc2C(F)(F)F)oc1C. The molecule has 1 heterocycles. The molecule has 8 heteroatoms. The van der Waals surface area contributed by atoms with Gasteiger partial charge < -0.3 is 13.9 Å². The maximum atomic E-state index is 12.9. The average molecular weight is 343 g/mol. The lowest BCUT2D eigenvalue weighted by Gasteiger charge is -2.17. The second-order valence-electron chi connectivity index (χ2n) is 5.11. The van der Waals surface area contributed by atoms with Gasteiger partial charge in [0.15, 0.2) is 12.7 Å². The quantitative estimate of drug-likeness (QED) is 0.773. The van der Waals surface area contributed by atoms with Crippen molar-refractivity contribution in [1.82, 2.24) is 4.98 Å². The third-order valence-corrected chi connectivity index (χ3v) is 3.24. The van der Waals surface area contributed by atoms with Gasteiger partial charge in [-0.25, -0.2) is 9.78 Å². The van der Waals surface area contributed by atoms with E-state index < -0.39 is 29.6 Å². The summed E-state index contributed by atoms with van der Waals surface area (Å²) in [7, 11) is 0. The molecule has 0 bridgehead atoms. The first-order valence-electron chi connectivity index (χ1n) is 7.11. The molecule has 0 spiro atoms. The van der Waals surface area contributed by atoms with E-state index >= 15 is 0 Å². The monoisotopic (exact) mass is 343 g/mol. The van der Waals surface area contributed by atoms with Gasteiger partial charge in [0, 0.05) is 0 Å². The van der Waals surface area contributed by atoms with Gasteiger partial charge in [-0.15, -0.1) is 0 Å². The van der Waals surface area contributed by atoms with Crippen LogP contribution in [0.15, 0.2) is 28.7 Å². The lowest BCUT2D eigenvalue weighted by molar-refractivity contribution is -0.154. The minimum absolute atomic E-state index is 0.209. The van der Waals surface area contributed by atoms with Crippen LogP contribution in [-0.4, -0.2) is 17.1 Å². The first kappa shape index (κ1) is 17.8. The Balaban J connectivity index is 1.99. The minimum Gasteiger partial charge on any atom is -0.478 e. The van der Waals surface area contributed by atoms with Crippen molar-refractivity contribution in [2.24, 2.45) is 0 Å². The lowest BCUT2D eigenvalue weighted by atomic mass is 10.2. The van der Waals surface area contributed by atoms with Crippen LogP contribution in [-0.2, 0) is 22.3 Å². The highest BCUT2D eigenvalue weighted by Gasteiger charge is 2.35. The fourth-order valence-corrected chi connectivity index (χ4v) is 1.89. The summed E-state index contributed by atoms with van der Waals surface area (Å²) in [6.07, 6.45) is -5.79. The van der Waals surface area contributed by atoms with Crippen LogP contribution in [0, 0.1) is 13.8 Å². The molecule has 0 N–H and O–H groups in total. The van der Waals surface area contributed by atoms with E-state index in [0.29, 0.717) is 11.5 Å². The van der Waals surface area contributed by atoms with Crippen LogP contribution < -0.4 is 4.74 Å². The molecule has 0 fully saturated rings. The normalized spacial score (nSPS) is 12.8. The summed E-state index contributed by atoms with van der Waals surface area (Å²) < 4.78 is 54.0. The van der Waals surface area contributed by atoms with Crippen LogP contribution in [0.25, 0.3) is 0 Å². The summed E-state index contributed by atoms with van der Waals surface area (Å²) in [4.78, 5) is 15.9. The number of para-hydroxylation sites is 1. The number of aromatic nitrogens is 1. The number of alkyl halides is 3. The molecule has 0 saturated carbocycles. The summed E-state index contributed by atoms with van der Waals surface area (Å²) in [5.41, 5.74) is -0.284. The molecule has 1 aromatic carbocycles. The fraction of sp³-hybridized carbons (Fsp3) is 0.375. The number of esters is 1. The Morgan fingerprint density at radius 2 is 1.96 bits per heavy atom. The average Bonchev–Trinajstić information content (AvgIpc) is 2.83. The van der Waals surface area contributed by atoms with Gasteiger partial charge in [0.25, 0.3) is 0 Å². The van der Waals surface area contributed by atoms with E-state index in [0.717, 1.165) is 12.1 Å². The number of ether oxygens (including phenoxy) is 2. The van der Waals surface area contributed by atoms with Crippen LogP contribution in [0.2, 0.25) is 0 Å². The Hall–Kier alpha value is -2.51. The van der Waals surface area contributed by atoms with E-state index in [1.807, 2.05) is 0 Å². The van der Waals surface area contributed by atoms with E-state index in [4.69, 9.17) is 13.9 Å². The number of halogens is 3. The zero-order valence-electron chi connectivity index (χ0n) is 13.3. The summed E-state index contributed by atoms with van der Waals surface area (Å²) in [6.45, 7) is 4.54. The Morgan fingerprint density at radius 1 is 1.29 bits per heavy atom. The summed E-state index contributed by atoms with van der Waals surface area (Å²) in [5.74, 6) is -0.441. The third-order valence-electron chi connectivity index (χ3n) is 3.24. The highest BCUT2D eigenvalue weighted by atomic mass is 19.4. The van der Waals surface area contributed by atoms with Gasteiger partial charge in [0.05, 0.1) is 11.3 Å². The van der Waals surface area contributed by atoms with Crippen LogP contribution >= 0.6 is 0 Å². The molecule has 0 unspecified atom stereocenters. The van der Waals surface area contributed by atoms with E-state index in [-0.39, 0.29) is 12.5 Å². The second kappa shape index (κ2) is 6.94. The number of hydrogen-bond donors (Lipinski definition) is 0. The zero-order chi connectivity index (χ0) is 17.9. The molecule has 0 radical (unpaired) electrons. The molecule has 0 aliphatic carbocycles. The molecular formula is C16H16F3NO4. The van der Waals surface area contributed by atoms with Crippen LogP contribution in [0.1, 0.15) is 29.8 Å². The number of benzene rings is 1. The number of hydrogen-bond acceptors (Lipinski definition) is 5. The number of oxazole rings is 1. The first-order chi connectivity index (χ1) is 11.2. The molecule has 0 aliphatic heterocycles. The summed E-state index contributed by atoms with van der Waals surface area (Å²) >= 11 is 0. The molecule has 0 amide bonds. The smallest absolute Gasteiger partial charge is 0.419 e. The van der Waals surface area contributed by atoms with Crippen molar-refractivity contribution in [2.75, 3.05) is 0 Å². The molecule has 130 valence electrons. The third kappa shape index (κ3) is 4.27. The van der Waals surface area contributed by atoms with Gasteiger partial charge in [-0.3, -0.25) is 0 Å². The minimum atomic E-state index is -4.58. The Kier molecular flexibility index (Phi) is 5.16. The topological polar surface area (TPSA) is 61.6 Å². The van der Waals surface area contributed by atoms with Crippen molar-refractivity contribution in [3.63, 3.8) is 0 Å².